The van der Waals surface area contributed by atoms with Gasteiger partial charge in [0.1, 0.15) is 0 Å². The molecule has 1 fully saturated rings. The lowest BCUT2D eigenvalue weighted by Crippen LogP contribution is -2.36. The lowest BCUT2D eigenvalue weighted by atomic mass is 9.87. The third kappa shape index (κ3) is 4.39. The Balaban J connectivity index is 1.69. The number of carbonyl (C=O) groups excluding carboxylic acids is 1. The molecular weight excluding hydrogens is 356 g/mol. The van der Waals surface area contributed by atoms with Crippen molar-refractivity contribution >= 4 is 16.8 Å². The van der Waals surface area contributed by atoms with Gasteiger partial charge >= 0.3 is 0 Å². The molecule has 29 heavy (non-hydrogen) atoms. The number of nitrogens with zero attached hydrogens (tertiary/aromatic N) is 1. The Morgan fingerprint density at radius 1 is 1.10 bits per heavy atom. The Labute approximate surface area is 174 Å². The lowest BCUT2D eigenvalue weighted by molar-refractivity contribution is -0.122. The van der Waals surface area contributed by atoms with Crippen molar-refractivity contribution < 1.29 is 4.79 Å². The molecule has 3 heteroatoms. The Morgan fingerprint density at radius 3 is 2.66 bits per heavy atom. The molecule has 1 atom stereocenters. The molecule has 0 bridgehead atoms. The van der Waals surface area contributed by atoms with Crippen molar-refractivity contribution in [2.45, 2.75) is 70.9 Å². The average molecular weight is 389 g/mol. The van der Waals surface area contributed by atoms with Gasteiger partial charge in [-0.05, 0) is 43.9 Å². The summed E-state index contributed by atoms with van der Waals surface area (Å²) in [6.45, 7) is 5.22. The molecule has 2 aromatic carbocycles. The average Bonchev–Trinajstić information content (AvgIpc) is 3.11. The molecule has 1 amide bonds. The molecule has 1 aliphatic carbocycles. The van der Waals surface area contributed by atoms with Crippen LogP contribution in [0.5, 0.6) is 0 Å². The summed E-state index contributed by atoms with van der Waals surface area (Å²) in [7, 11) is 0. The number of benzene rings is 2. The van der Waals surface area contributed by atoms with Gasteiger partial charge in [0, 0.05) is 42.0 Å². The highest BCUT2D eigenvalue weighted by molar-refractivity contribution is 5.86. The summed E-state index contributed by atoms with van der Waals surface area (Å²) in [5.41, 5.74) is 4.96. The SMILES string of the molecule is CCn1cc([C@H](CC(=O)NC2CCCCC2)c2cccc(C)c2)c2ccccc21. The van der Waals surface area contributed by atoms with Crippen molar-refractivity contribution in [1.29, 1.82) is 0 Å². The molecule has 0 unspecified atom stereocenters. The van der Waals surface area contributed by atoms with Crippen LogP contribution in [0.4, 0.5) is 0 Å². The second kappa shape index (κ2) is 8.86. The second-order valence-electron chi connectivity index (χ2n) is 8.46. The number of nitrogens with one attached hydrogen (secondary N) is 1. The summed E-state index contributed by atoms with van der Waals surface area (Å²) >= 11 is 0. The van der Waals surface area contributed by atoms with Gasteiger partial charge in [0.15, 0.2) is 0 Å². The van der Waals surface area contributed by atoms with E-state index >= 15 is 0 Å². The number of rotatable bonds is 6. The first kappa shape index (κ1) is 19.8. The zero-order chi connectivity index (χ0) is 20.2. The number of aryl methyl sites for hydroxylation is 2. The van der Waals surface area contributed by atoms with E-state index < -0.39 is 0 Å². The minimum Gasteiger partial charge on any atom is -0.353 e. The minimum atomic E-state index is 0.0659. The van der Waals surface area contributed by atoms with Crippen LogP contribution in [0.15, 0.2) is 54.7 Å². The molecule has 0 saturated heterocycles. The number of carbonyl (C=O) groups is 1. The molecule has 3 nitrogen and oxygen atoms in total. The molecule has 3 aromatic rings. The van der Waals surface area contributed by atoms with E-state index in [0.29, 0.717) is 12.5 Å². The standard InChI is InChI=1S/C26H32N2O/c1-3-28-18-24(22-14-7-8-15-25(22)28)23(20-11-9-10-19(2)16-20)17-26(29)27-21-12-5-4-6-13-21/h7-11,14-16,18,21,23H,3-6,12-13,17H2,1-2H3,(H,27,29)/t23-/m1/s1. The van der Waals surface area contributed by atoms with E-state index in [1.165, 1.54) is 46.9 Å². The van der Waals surface area contributed by atoms with Crippen LogP contribution in [0, 0.1) is 6.92 Å². The zero-order valence-electron chi connectivity index (χ0n) is 17.7. The molecule has 1 saturated carbocycles. The van der Waals surface area contributed by atoms with Crippen LogP contribution >= 0.6 is 0 Å². The zero-order valence-corrected chi connectivity index (χ0v) is 17.7. The molecule has 1 heterocycles. The van der Waals surface area contributed by atoms with Gasteiger partial charge in [0.05, 0.1) is 0 Å². The highest BCUT2D eigenvalue weighted by atomic mass is 16.1. The molecule has 1 N–H and O–H groups in total. The van der Waals surface area contributed by atoms with E-state index in [1.807, 2.05) is 0 Å². The maximum atomic E-state index is 13.0. The van der Waals surface area contributed by atoms with Crippen LogP contribution in [-0.4, -0.2) is 16.5 Å². The summed E-state index contributed by atoms with van der Waals surface area (Å²) in [6, 6.07) is 17.5. The predicted octanol–water partition coefficient (Wildman–Crippen LogP) is 5.94. The number of fused-ring (bicyclic) bond motifs is 1. The topological polar surface area (TPSA) is 34.0 Å². The summed E-state index contributed by atoms with van der Waals surface area (Å²) in [5, 5.41) is 4.58. The third-order valence-electron chi connectivity index (χ3n) is 6.34. The van der Waals surface area contributed by atoms with E-state index in [4.69, 9.17) is 0 Å². The van der Waals surface area contributed by atoms with E-state index in [2.05, 4.69) is 78.5 Å². The first-order valence-electron chi connectivity index (χ1n) is 11.1. The van der Waals surface area contributed by atoms with E-state index in [-0.39, 0.29) is 11.8 Å². The minimum absolute atomic E-state index is 0.0659. The van der Waals surface area contributed by atoms with Crippen molar-refractivity contribution in [3.8, 4) is 0 Å². The fourth-order valence-electron chi connectivity index (χ4n) is 4.83. The van der Waals surface area contributed by atoms with Crippen LogP contribution in [-0.2, 0) is 11.3 Å². The van der Waals surface area contributed by atoms with Gasteiger partial charge < -0.3 is 9.88 Å². The molecule has 0 radical (unpaired) electrons. The van der Waals surface area contributed by atoms with Crippen molar-refractivity contribution in [2.24, 2.45) is 0 Å². The van der Waals surface area contributed by atoms with E-state index in [0.717, 1.165) is 19.4 Å². The molecule has 0 aliphatic heterocycles. The molecule has 152 valence electrons. The van der Waals surface area contributed by atoms with Crippen molar-refractivity contribution in [3.05, 3.63) is 71.4 Å². The van der Waals surface area contributed by atoms with E-state index in [1.54, 1.807) is 0 Å². The third-order valence-corrected chi connectivity index (χ3v) is 6.34. The van der Waals surface area contributed by atoms with Gasteiger partial charge in [0.2, 0.25) is 5.91 Å². The molecule has 0 spiro atoms. The van der Waals surface area contributed by atoms with Gasteiger partial charge in [0.25, 0.3) is 0 Å². The molecular formula is C26H32N2O. The maximum Gasteiger partial charge on any atom is 0.221 e. The summed E-state index contributed by atoms with van der Waals surface area (Å²) < 4.78 is 2.30. The van der Waals surface area contributed by atoms with Crippen molar-refractivity contribution in [2.75, 3.05) is 0 Å². The largest absolute Gasteiger partial charge is 0.353 e. The Kier molecular flexibility index (Phi) is 6.03. The van der Waals surface area contributed by atoms with Gasteiger partial charge in [-0.3, -0.25) is 4.79 Å². The highest BCUT2D eigenvalue weighted by Gasteiger charge is 2.24. The number of amides is 1. The van der Waals surface area contributed by atoms with E-state index in [9.17, 15) is 4.79 Å². The normalized spacial score (nSPS) is 16.1. The highest BCUT2D eigenvalue weighted by Crippen LogP contribution is 2.35. The second-order valence-corrected chi connectivity index (χ2v) is 8.46. The molecule has 1 aliphatic rings. The van der Waals surface area contributed by atoms with Crippen LogP contribution in [0.2, 0.25) is 0 Å². The number of hydrogen-bond donors (Lipinski definition) is 1. The van der Waals surface area contributed by atoms with Crippen LogP contribution in [0.1, 0.15) is 68.1 Å². The van der Waals surface area contributed by atoms with Gasteiger partial charge in [-0.15, -0.1) is 0 Å². The maximum absolute atomic E-state index is 13.0. The number of hydrogen-bond acceptors (Lipinski definition) is 1. The predicted molar refractivity (Wildman–Crippen MR) is 120 cm³/mol. The Morgan fingerprint density at radius 2 is 1.90 bits per heavy atom. The van der Waals surface area contributed by atoms with Gasteiger partial charge in [-0.2, -0.15) is 0 Å². The monoisotopic (exact) mass is 388 g/mol. The van der Waals surface area contributed by atoms with Crippen molar-refractivity contribution in [1.82, 2.24) is 9.88 Å². The Bertz CT molecular complexity index is 981. The number of aromatic nitrogens is 1. The van der Waals surface area contributed by atoms with Crippen molar-refractivity contribution in [3.63, 3.8) is 0 Å². The fourth-order valence-corrected chi connectivity index (χ4v) is 4.83. The first-order chi connectivity index (χ1) is 14.2. The number of para-hydroxylation sites is 1. The van der Waals surface area contributed by atoms with Gasteiger partial charge in [-0.1, -0.05) is 67.3 Å². The van der Waals surface area contributed by atoms with Gasteiger partial charge in [-0.25, -0.2) is 0 Å². The lowest BCUT2D eigenvalue weighted by Gasteiger charge is -2.24. The summed E-state index contributed by atoms with van der Waals surface area (Å²) in [6.07, 6.45) is 8.76. The summed E-state index contributed by atoms with van der Waals surface area (Å²) in [4.78, 5) is 13.0. The smallest absolute Gasteiger partial charge is 0.221 e. The Hall–Kier alpha value is -2.55. The van der Waals surface area contributed by atoms with Crippen LogP contribution in [0.3, 0.4) is 0 Å². The molecule has 4 rings (SSSR count). The summed E-state index contributed by atoms with van der Waals surface area (Å²) in [5.74, 6) is 0.243. The fraction of sp³-hybridized carbons (Fsp3) is 0.423. The molecule has 1 aromatic heterocycles. The quantitative estimate of drug-likeness (QED) is 0.557. The van der Waals surface area contributed by atoms with Crippen LogP contribution < -0.4 is 5.32 Å². The first-order valence-corrected chi connectivity index (χ1v) is 11.1. The van der Waals surface area contributed by atoms with Crippen LogP contribution in [0.25, 0.3) is 10.9 Å².